The van der Waals surface area contributed by atoms with Crippen LogP contribution in [0.2, 0.25) is 5.02 Å². The van der Waals surface area contributed by atoms with Crippen LogP contribution in [0.5, 0.6) is 0 Å². The second kappa shape index (κ2) is 8.54. The van der Waals surface area contributed by atoms with Gasteiger partial charge in [-0.25, -0.2) is 8.42 Å². The smallest absolute Gasteiger partial charge is 0.255 e. The molecule has 0 radical (unpaired) electrons. The van der Waals surface area contributed by atoms with Crippen LogP contribution in [0.3, 0.4) is 0 Å². The second-order valence-electron chi connectivity index (χ2n) is 7.20. The number of benzene rings is 2. The van der Waals surface area contributed by atoms with E-state index in [0.29, 0.717) is 23.4 Å². The molecule has 0 aromatic heterocycles. The van der Waals surface area contributed by atoms with Crippen molar-refractivity contribution in [1.82, 2.24) is 4.31 Å². The fraction of sp³-hybridized carbons (Fsp3) is 0.333. The van der Waals surface area contributed by atoms with Gasteiger partial charge in [-0.2, -0.15) is 9.57 Å². The Hall–Kier alpha value is -2.40. The number of nitrogens with zero attached hydrogens (tertiary/aromatic N) is 2. The summed E-state index contributed by atoms with van der Waals surface area (Å²) in [5.74, 6) is -0.438. The number of halogens is 1. The van der Waals surface area contributed by atoms with Crippen LogP contribution in [0.15, 0.2) is 41.3 Å². The van der Waals surface area contributed by atoms with Gasteiger partial charge in [0.05, 0.1) is 15.5 Å². The van der Waals surface area contributed by atoms with Crippen LogP contribution in [0.1, 0.15) is 47.7 Å². The van der Waals surface area contributed by atoms with Crippen molar-refractivity contribution in [2.75, 3.05) is 11.9 Å². The maximum Gasteiger partial charge on any atom is 0.255 e. The molecule has 1 aliphatic heterocycles. The first kappa shape index (κ1) is 21.3. The Balaban J connectivity index is 1.90. The van der Waals surface area contributed by atoms with Gasteiger partial charge in [0.15, 0.2) is 0 Å². The van der Waals surface area contributed by atoms with Crippen LogP contribution in [-0.2, 0) is 10.0 Å². The molecule has 1 saturated heterocycles. The third kappa shape index (κ3) is 4.45. The van der Waals surface area contributed by atoms with Gasteiger partial charge in [0.1, 0.15) is 6.07 Å². The van der Waals surface area contributed by atoms with Gasteiger partial charge in [-0.05, 0) is 62.6 Å². The lowest BCUT2D eigenvalue weighted by molar-refractivity contribution is 0.102. The van der Waals surface area contributed by atoms with Crippen molar-refractivity contribution in [3.8, 4) is 6.07 Å². The lowest BCUT2D eigenvalue weighted by atomic mass is 10.1. The number of carbonyl (C=O) groups is 1. The number of anilines is 1. The molecule has 1 aliphatic rings. The molecule has 1 amide bonds. The number of aryl methyl sites for hydroxylation is 1. The van der Waals surface area contributed by atoms with Crippen molar-refractivity contribution in [1.29, 1.82) is 5.26 Å². The highest BCUT2D eigenvalue weighted by molar-refractivity contribution is 7.89. The molecule has 0 unspecified atom stereocenters. The number of hydrogen-bond donors (Lipinski definition) is 1. The quantitative estimate of drug-likeness (QED) is 0.779. The van der Waals surface area contributed by atoms with Gasteiger partial charge in [-0.15, -0.1) is 0 Å². The zero-order chi connectivity index (χ0) is 21.2. The lowest BCUT2D eigenvalue weighted by Gasteiger charge is -2.32. The minimum atomic E-state index is -3.68. The molecule has 2 aromatic carbocycles. The lowest BCUT2D eigenvalue weighted by Crippen LogP contribution is -2.42. The Bertz CT molecular complexity index is 1090. The number of nitriles is 1. The Morgan fingerprint density at radius 1 is 1.24 bits per heavy atom. The van der Waals surface area contributed by atoms with E-state index >= 15 is 0 Å². The van der Waals surface area contributed by atoms with Crippen LogP contribution in [0, 0.1) is 18.3 Å². The van der Waals surface area contributed by atoms with Crippen LogP contribution in [-0.4, -0.2) is 31.2 Å². The van der Waals surface area contributed by atoms with Crippen LogP contribution in [0.4, 0.5) is 5.69 Å². The largest absolute Gasteiger partial charge is 0.322 e. The molecule has 3 rings (SSSR count). The maximum atomic E-state index is 13.1. The average molecular weight is 432 g/mol. The predicted molar refractivity (Wildman–Crippen MR) is 113 cm³/mol. The summed E-state index contributed by atoms with van der Waals surface area (Å²) in [6.45, 7) is 4.15. The molecule has 6 nitrogen and oxygen atoms in total. The number of hydrogen-bond acceptors (Lipinski definition) is 4. The molecule has 0 bridgehead atoms. The summed E-state index contributed by atoms with van der Waals surface area (Å²) in [4.78, 5) is 12.9. The summed E-state index contributed by atoms with van der Waals surface area (Å²) in [6.07, 6.45) is 2.68. The van der Waals surface area contributed by atoms with Gasteiger partial charge >= 0.3 is 0 Å². The molecule has 1 fully saturated rings. The molecule has 152 valence electrons. The molecule has 0 spiro atoms. The number of carbonyl (C=O) groups excluding carboxylic acids is 1. The first-order valence-electron chi connectivity index (χ1n) is 9.37. The van der Waals surface area contributed by atoms with Crippen molar-refractivity contribution >= 4 is 33.2 Å². The minimum Gasteiger partial charge on any atom is -0.322 e. The molecule has 29 heavy (non-hydrogen) atoms. The predicted octanol–water partition coefficient (Wildman–Crippen LogP) is 4.34. The van der Waals surface area contributed by atoms with Gasteiger partial charge in [-0.1, -0.05) is 24.1 Å². The van der Waals surface area contributed by atoms with Gasteiger partial charge < -0.3 is 5.32 Å². The van der Waals surface area contributed by atoms with E-state index < -0.39 is 15.9 Å². The van der Waals surface area contributed by atoms with Crippen molar-refractivity contribution in [2.24, 2.45) is 0 Å². The van der Waals surface area contributed by atoms with E-state index in [1.54, 1.807) is 25.1 Å². The summed E-state index contributed by atoms with van der Waals surface area (Å²) in [6, 6.07) is 11.1. The van der Waals surface area contributed by atoms with Crippen molar-refractivity contribution < 1.29 is 13.2 Å². The van der Waals surface area contributed by atoms with Crippen molar-refractivity contribution in [3.05, 3.63) is 58.1 Å². The maximum absolute atomic E-state index is 13.1. The molecule has 0 aliphatic carbocycles. The van der Waals surface area contributed by atoms with Gasteiger partial charge in [0, 0.05) is 23.8 Å². The molecule has 1 atom stereocenters. The molecule has 1 heterocycles. The van der Waals surface area contributed by atoms with Gasteiger partial charge in [0.25, 0.3) is 5.91 Å². The Kier molecular flexibility index (Phi) is 6.27. The number of amides is 1. The molecular weight excluding hydrogens is 410 g/mol. The summed E-state index contributed by atoms with van der Waals surface area (Å²) in [5.41, 5.74) is 1.67. The van der Waals surface area contributed by atoms with Crippen LogP contribution < -0.4 is 5.32 Å². The third-order valence-corrected chi connectivity index (χ3v) is 7.47. The zero-order valence-corrected chi connectivity index (χ0v) is 17.8. The normalized spacial score (nSPS) is 17.5. The first-order valence-corrected chi connectivity index (χ1v) is 11.2. The summed E-state index contributed by atoms with van der Waals surface area (Å²) in [7, 11) is -3.68. The number of piperidine rings is 1. The number of rotatable bonds is 4. The third-order valence-electron chi connectivity index (χ3n) is 5.15. The Morgan fingerprint density at radius 3 is 2.66 bits per heavy atom. The molecule has 8 heteroatoms. The Morgan fingerprint density at radius 2 is 2.00 bits per heavy atom. The number of sulfonamides is 1. The highest BCUT2D eigenvalue weighted by atomic mass is 35.5. The molecule has 0 saturated carbocycles. The summed E-state index contributed by atoms with van der Waals surface area (Å²) < 4.78 is 27.7. The van der Waals surface area contributed by atoms with E-state index in [2.05, 4.69) is 5.32 Å². The van der Waals surface area contributed by atoms with E-state index in [4.69, 9.17) is 16.9 Å². The highest BCUT2D eigenvalue weighted by Crippen LogP contribution is 2.27. The van der Waals surface area contributed by atoms with E-state index in [1.807, 2.05) is 13.0 Å². The van der Waals surface area contributed by atoms with Gasteiger partial charge in [-0.3, -0.25) is 4.79 Å². The van der Waals surface area contributed by atoms with Crippen molar-refractivity contribution in [2.45, 2.75) is 44.0 Å². The first-order chi connectivity index (χ1) is 13.7. The van der Waals surface area contributed by atoms with E-state index in [9.17, 15) is 13.2 Å². The summed E-state index contributed by atoms with van der Waals surface area (Å²) >= 11 is 6.02. The van der Waals surface area contributed by atoms with Crippen LogP contribution >= 0.6 is 11.6 Å². The SMILES string of the molecule is Cc1ccc(S(=O)(=O)N2CCCC[C@@H]2C)cc1C(=O)Nc1ccc(C#N)c(Cl)c1. The zero-order valence-electron chi connectivity index (χ0n) is 16.3. The van der Waals surface area contributed by atoms with E-state index in [0.717, 1.165) is 19.3 Å². The van der Waals surface area contributed by atoms with E-state index in [1.165, 1.54) is 22.5 Å². The highest BCUT2D eigenvalue weighted by Gasteiger charge is 2.31. The Labute approximate surface area is 176 Å². The minimum absolute atomic E-state index is 0.0619. The second-order valence-corrected chi connectivity index (χ2v) is 9.50. The topological polar surface area (TPSA) is 90.3 Å². The van der Waals surface area contributed by atoms with Crippen LogP contribution in [0.25, 0.3) is 0 Å². The monoisotopic (exact) mass is 431 g/mol. The van der Waals surface area contributed by atoms with Crippen molar-refractivity contribution in [3.63, 3.8) is 0 Å². The fourth-order valence-corrected chi connectivity index (χ4v) is 5.40. The fourth-order valence-electron chi connectivity index (χ4n) is 3.45. The summed E-state index contributed by atoms with van der Waals surface area (Å²) in [5, 5.41) is 11.9. The molecule has 2 aromatic rings. The molecule has 1 N–H and O–H groups in total. The standard InChI is InChI=1S/C21H22ClN3O3S/c1-14-6-9-18(29(27,28)25-10-4-3-5-15(25)2)12-19(14)21(26)24-17-8-7-16(13-23)20(22)11-17/h6-9,11-12,15H,3-5,10H2,1-2H3,(H,24,26)/t15-/m0/s1. The van der Waals surface area contributed by atoms with Gasteiger partial charge in [0.2, 0.25) is 10.0 Å². The van der Waals surface area contributed by atoms with E-state index in [-0.39, 0.29) is 21.5 Å². The average Bonchev–Trinajstić information content (AvgIpc) is 2.68. The number of nitrogens with one attached hydrogen (secondary N) is 1. The molecular formula is C21H22ClN3O3S.